The van der Waals surface area contributed by atoms with Crippen LogP contribution in [0.3, 0.4) is 0 Å². The molecule has 0 bridgehead atoms. The zero-order valence-electron chi connectivity index (χ0n) is 19.6. The Kier molecular flexibility index (Phi) is 7.56. The molecule has 4 rings (SSSR count). The highest BCUT2D eigenvalue weighted by atomic mass is 32.2. The van der Waals surface area contributed by atoms with Crippen LogP contribution >= 0.6 is 11.3 Å². The zero-order chi connectivity index (χ0) is 25.7. The van der Waals surface area contributed by atoms with Crippen LogP contribution in [0.1, 0.15) is 16.6 Å². The van der Waals surface area contributed by atoms with Crippen molar-refractivity contribution >= 4 is 54.7 Å². The lowest BCUT2D eigenvalue weighted by Gasteiger charge is -2.23. The molecule has 1 N–H and O–H groups in total. The quantitative estimate of drug-likeness (QED) is 0.312. The number of sulfonamides is 1. The molecule has 4 aromatic rings. The van der Waals surface area contributed by atoms with Gasteiger partial charge in [-0.05, 0) is 73.0 Å². The molecular weight excluding hydrogens is 500 g/mol. The summed E-state index contributed by atoms with van der Waals surface area (Å²) in [6, 6.07) is 21.8. The summed E-state index contributed by atoms with van der Waals surface area (Å²) in [5.41, 5.74) is 1.07. The maximum atomic E-state index is 13.0. The number of carbonyl (C=O) groups is 2. The van der Waals surface area contributed by atoms with Crippen LogP contribution in [-0.4, -0.2) is 40.6 Å². The molecular formula is C26H24N2O6S2. The van der Waals surface area contributed by atoms with Crippen molar-refractivity contribution in [2.45, 2.75) is 11.8 Å². The number of benzene rings is 3. The van der Waals surface area contributed by atoms with Crippen molar-refractivity contribution in [3.63, 3.8) is 0 Å². The first kappa shape index (κ1) is 25.2. The van der Waals surface area contributed by atoms with Crippen molar-refractivity contribution in [3.05, 3.63) is 83.7 Å². The minimum atomic E-state index is -3.69. The third-order valence-electron chi connectivity index (χ3n) is 5.30. The molecule has 0 radical (unpaired) electrons. The highest BCUT2D eigenvalue weighted by Crippen LogP contribution is 2.29. The molecule has 1 heterocycles. The number of rotatable bonds is 9. The van der Waals surface area contributed by atoms with E-state index in [1.165, 1.54) is 22.8 Å². The second kappa shape index (κ2) is 10.8. The van der Waals surface area contributed by atoms with Gasteiger partial charge in [-0.1, -0.05) is 18.2 Å². The van der Waals surface area contributed by atoms with Gasteiger partial charge in [-0.15, -0.1) is 11.3 Å². The second-order valence-electron chi connectivity index (χ2n) is 7.67. The number of nitrogens with one attached hydrogen (secondary N) is 1. The molecule has 0 fully saturated rings. The van der Waals surface area contributed by atoms with Crippen LogP contribution in [0.4, 0.5) is 11.4 Å². The molecule has 0 spiro atoms. The van der Waals surface area contributed by atoms with Crippen molar-refractivity contribution in [2.75, 3.05) is 29.9 Å². The van der Waals surface area contributed by atoms with E-state index in [1.807, 2.05) is 6.07 Å². The van der Waals surface area contributed by atoms with Crippen LogP contribution in [0.2, 0.25) is 0 Å². The highest BCUT2D eigenvalue weighted by molar-refractivity contribution is 7.92. The molecule has 0 aliphatic rings. The maximum absolute atomic E-state index is 13.0. The first-order chi connectivity index (χ1) is 17.3. The molecule has 10 heteroatoms. The minimum Gasteiger partial charge on any atom is -0.484 e. The van der Waals surface area contributed by atoms with E-state index in [9.17, 15) is 18.0 Å². The monoisotopic (exact) mass is 524 g/mol. The third kappa shape index (κ3) is 5.50. The predicted octanol–water partition coefficient (Wildman–Crippen LogP) is 4.92. The van der Waals surface area contributed by atoms with Crippen LogP contribution in [-0.2, 0) is 19.6 Å². The molecule has 0 aliphatic heterocycles. The Morgan fingerprint density at radius 3 is 2.36 bits per heavy atom. The molecule has 0 saturated carbocycles. The number of thiophene rings is 1. The fourth-order valence-electron chi connectivity index (χ4n) is 3.59. The summed E-state index contributed by atoms with van der Waals surface area (Å²) in [6.07, 6.45) is 0. The summed E-state index contributed by atoms with van der Waals surface area (Å²) in [5.74, 6) is -0.331. The average Bonchev–Trinajstić information content (AvgIpc) is 3.32. The Hall–Kier alpha value is -3.89. The third-order valence-corrected chi connectivity index (χ3v) is 8.31. The Labute approximate surface area is 213 Å². The fraction of sp³-hybridized carbons (Fsp3) is 0.154. The summed E-state index contributed by atoms with van der Waals surface area (Å²) in [6.45, 7) is 1.79. The molecule has 186 valence electrons. The van der Waals surface area contributed by atoms with Gasteiger partial charge in [0.05, 0.1) is 17.7 Å². The highest BCUT2D eigenvalue weighted by Gasteiger charge is 2.23. The number of amides is 1. The molecule has 0 aliphatic carbocycles. The Morgan fingerprint density at radius 2 is 1.69 bits per heavy atom. The van der Waals surface area contributed by atoms with Gasteiger partial charge in [0, 0.05) is 16.9 Å². The van der Waals surface area contributed by atoms with Crippen molar-refractivity contribution in [1.82, 2.24) is 0 Å². The standard InChI is InChI=1S/C26H24N2O6S2/c1-3-28(36(31,32)22-7-5-4-6-8-22)20-10-12-21(13-11-20)34-17-25(29)27-19-9-14-23-18(15-19)16-24(35-23)26(30)33-2/h4-16H,3,17H2,1-2H3,(H,27,29). The number of anilines is 2. The predicted molar refractivity (Wildman–Crippen MR) is 140 cm³/mol. The van der Waals surface area contributed by atoms with E-state index < -0.39 is 16.0 Å². The molecule has 1 aromatic heterocycles. The van der Waals surface area contributed by atoms with Gasteiger partial charge in [0.2, 0.25) is 0 Å². The molecule has 1 amide bonds. The van der Waals surface area contributed by atoms with Gasteiger partial charge in [-0.3, -0.25) is 9.10 Å². The minimum absolute atomic E-state index is 0.214. The number of hydrogen-bond donors (Lipinski definition) is 1. The van der Waals surface area contributed by atoms with Crippen molar-refractivity contribution in [2.24, 2.45) is 0 Å². The normalized spacial score (nSPS) is 11.2. The molecule has 0 unspecified atom stereocenters. The van der Waals surface area contributed by atoms with E-state index in [0.29, 0.717) is 22.0 Å². The summed E-state index contributed by atoms with van der Waals surface area (Å²) in [4.78, 5) is 24.8. The van der Waals surface area contributed by atoms with E-state index in [4.69, 9.17) is 9.47 Å². The fourth-order valence-corrected chi connectivity index (χ4v) is 6.04. The number of carbonyl (C=O) groups excluding carboxylic acids is 2. The molecule has 0 saturated heterocycles. The van der Waals surface area contributed by atoms with Crippen LogP contribution in [0.5, 0.6) is 5.75 Å². The summed E-state index contributed by atoms with van der Waals surface area (Å²) in [7, 11) is -2.36. The second-order valence-corrected chi connectivity index (χ2v) is 10.6. The van der Waals surface area contributed by atoms with Gasteiger partial charge in [0.25, 0.3) is 15.9 Å². The number of fused-ring (bicyclic) bond motifs is 1. The van der Waals surface area contributed by atoms with Crippen LogP contribution in [0, 0.1) is 0 Å². The SMILES string of the molecule is CCN(c1ccc(OCC(=O)Nc2ccc3sc(C(=O)OC)cc3c2)cc1)S(=O)(=O)c1ccccc1. The lowest BCUT2D eigenvalue weighted by atomic mass is 10.2. The smallest absolute Gasteiger partial charge is 0.348 e. The number of nitrogens with zero attached hydrogens (tertiary/aromatic N) is 1. The van der Waals surface area contributed by atoms with Gasteiger partial charge in [-0.25, -0.2) is 13.2 Å². The summed E-state index contributed by atoms with van der Waals surface area (Å²) >= 11 is 1.32. The Morgan fingerprint density at radius 1 is 0.972 bits per heavy atom. The van der Waals surface area contributed by atoms with E-state index in [1.54, 1.807) is 79.7 Å². The summed E-state index contributed by atoms with van der Waals surface area (Å²) in [5, 5.41) is 3.59. The van der Waals surface area contributed by atoms with Gasteiger partial charge in [-0.2, -0.15) is 0 Å². The maximum Gasteiger partial charge on any atom is 0.348 e. The van der Waals surface area contributed by atoms with E-state index >= 15 is 0 Å². The van der Waals surface area contributed by atoms with Crippen LogP contribution < -0.4 is 14.4 Å². The average molecular weight is 525 g/mol. The van der Waals surface area contributed by atoms with Crippen molar-refractivity contribution in [3.8, 4) is 5.75 Å². The summed E-state index contributed by atoms with van der Waals surface area (Å²) < 4.78 is 38.5. The van der Waals surface area contributed by atoms with Crippen LogP contribution in [0.15, 0.2) is 83.8 Å². The first-order valence-electron chi connectivity index (χ1n) is 11.0. The van der Waals surface area contributed by atoms with Crippen molar-refractivity contribution in [1.29, 1.82) is 0 Å². The van der Waals surface area contributed by atoms with Crippen molar-refractivity contribution < 1.29 is 27.5 Å². The Bertz CT molecular complexity index is 1480. The number of methoxy groups -OCH3 is 1. The van der Waals surface area contributed by atoms with E-state index in [-0.39, 0.29) is 24.0 Å². The number of esters is 1. The van der Waals surface area contributed by atoms with E-state index in [2.05, 4.69) is 5.32 Å². The largest absolute Gasteiger partial charge is 0.484 e. The first-order valence-corrected chi connectivity index (χ1v) is 13.3. The topological polar surface area (TPSA) is 102 Å². The zero-order valence-corrected chi connectivity index (χ0v) is 21.3. The molecule has 0 atom stereocenters. The van der Waals surface area contributed by atoms with Gasteiger partial charge in [0.1, 0.15) is 10.6 Å². The van der Waals surface area contributed by atoms with Gasteiger partial charge in [0.15, 0.2) is 6.61 Å². The lowest BCUT2D eigenvalue weighted by molar-refractivity contribution is -0.118. The lowest BCUT2D eigenvalue weighted by Crippen LogP contribution is -2.30. The van der Waals surface area contributed by atoms with E-state index in [0.717, 1.165) is 10.1 Å². The molecule has 3 aromatic carbocycles. The Balaban J connectivity index is 1.38. The molecule has 8 nitrogen and oxygen atoms in total. The van der Waals surface area contributed by atoms with Gasteiger partial charge >= 0.3 is 5.97 Å². The van der Waals surface area contributed by atoms with Crippen LogP contribution in [0.25, 0.3) is 10.1 Å². The molecule has 36 heavy (non-hydrogen) atoms. The van der Waals surface area contributed by atoms with Gasteiger partial charge < -0.3 is 14.8 Å². The number of hydrogen-bond acceptors (Lipinski definition) is 7. The number of ether oxygens (including phenoxy) is 2.